The van der Waals surface area contributed by atoms with Gasteiger partial charge >= 0.3 is 0 Å². The number of para-hydroxylation sites is 1. The molecule has 2 N–H and O–H groups in total. The van der Waals surface area contributed by atoms with Gasteiger partial charge < -0.3 is 15.4 Å². The number of rotatable bonds is 11. The molecule has 0 bridgehead atoms. The Kier molecular flexibility index (Phi) is 8.63. The van der Waals surface area contributed by atoms with Gasteiger partial charge in [-0.1, -0.05) is 85.8 Å². The molecule has 1 amide bonds. The van der Waals surface area contributed by atoms with Crippen LogP contribution in [0.2, 0.25) is 0 Å². The molecule has 1 atom stereocenters. The Bertz CT molecular complexity index is 1420. The second-order valence-corrected chi connectivity index (χ2v) is 10.5. The van der Waals surface area contributed by atoms with Crippen molar-refractivity contribution in [3.63, 3.8) is 0 Å². The number of nitrogens with one attached hydrogen (secondary N) is 2. The van der Waals surface area contributed by atoms with E-state index in [1.54, 1.807) is 11.8 Å². The Labute approximate surface area is 233 Å². The first-order valence-corrected chi connectivity index (χ1v) is 14.3. The lowest BCUT2D eigenvalue weighted by atomic mass is 9.95. The molecule has 8 heteroatoms. The molecule has 7 nitrogen and oxygen atoms in total. The van der Waals surface area contributed by atoms with E-state index in [2.05, 4.69) is 29.7 Å². The number of allylic oxidation sites excluding steroid dienone is 1. The lowest BCUT2D eigenvalue weighted by molar-refractivity contribution is -0.113. The average molecular weight is 540 g/mol. The number of hydrogen-bond acceptors (Lipinski definition) is 6. The Morgan fingerprint density at radius 3 is 2.46 bits per heavy atom. The van der Waals surface area contributed by atoms with E-state index < -0.39 is 6.04 Å². The molecule has 0 saturated heterocycles. The van der Waals surface area contributed by atoms with Crippen LogP contribution in [0.1, 0.15) is 43.9 Å². The van der Waals surface area contributed by atoms with Crippen LogP contribution in [0.5, 0.6) is 5.75 Å². The fraction of sp³-hybridized carbons (Fsp3) is 0.258. The molecule has 1 aromatic heterocycles. The molecule has 0 fully saturated rings. The molecule has 2 heterocycles. The van der Waals surface area contributed by atoms with Gasteiger partial charge in [-0.2, -0.15) is 4.98 Å². The molecule has 1 unspecified atom stereocenters. The van der Waals surface area contributed by atoms with Crippen LogP contribution < -0.4 is 15.4 Å². The highest BCUT2D eigenvalue weighted by Crippen LogP contribution is 2.37. The average Bonchev–Trinajstić information content (AvgIpc) is 3.36. The molecule has 0 spiro atoms. The van der Waals surface area contributed by atoms with Crippen LogP contribution >= 0.6 is 11.8 Å². The normalized spacial score (nSPS) is 14.5. The topological polar surface area (TPSA) is 81.1 Å². The molecule has 3 aromatic carbocycles. The molecule has 0 aliphatic carbocycles. The molecular formula is C31H33N5O2S. The van der Waals surface area contributed by atoms with E-state index in [0.717, 1.165) is 47.7 Å². The summed E-state index contributed by atoms with van der Waals surface area (Å²) < 4.78 is 7.84. The molecule has 0 radical (unpaired) electrons. The van der Waals surface area contributed by atoms with E-state index in [1.165, 1.54) is 5.56 Å². The number of hydrogen-bond donors (Lipinski definition) is 2. The van der Waals surface area contributed by atoms with Crippen LogP contribution in [0.25, 0.3) is 0 Å². The summed E-state index contributed by atoms with van der Waals surface area (Å²) in [5.41, 5.74) is 4.26. The summed E-state index contributed by atoms with van der Waals surface area (Å²) in [6, 6.07) is 27.3. The van der Waals surface area contributed by atoms with E-state index in [-0.39, 0.29) is 5.91 Å². The molecule has 0 saturated carbocycles. The highest BCUT2D eigenvalue weighted by Gasteiger charge is 2.34. The van der Waals surface area contributed by atoms with E-state index in [1.807, 2.05) is 84.4 Å². The number of carbonyl (C=O) groups is 1. The molecular weight excluding hydrogens is 506 g/mol. The predicted octanol–water partition coefficient (Wildman–Crippen LogP) is 6.72. The lowest BCUT2D eigenvalue weighted by Gasteiger charge is -2.28. The highest BCUT2D eigenvalue weighted by molar-refractivity contribution is 7.99. The number of aromatic nitrogens is 3. The molecule has 5 rings (SSSR count). The van der Waals surface area contributed by atoms with Gasteiger partial charge in [-0.05, 0) is 48.7 Å². The number of carbonyl (C=O) groups excluding carboxylic acids is 1. The first-order valence-electron chi connectivity index (χ1n) is 13.3. The highest BCUT2D eigenvalue weighted by atomic mass is 32.2. The number of thioether (sulfide) groups is 1. The zero-order chi connectivity index (χ0) is 27.0. The smallest absolute Gasteiger partial charge is 0.255 e. The van der Waals surface area contributed by atoms with Crippen LogP contribution in [-0.4, -0.2) is 33.0 Å². The Morgan fingerprint density at radius 1 is 1.03 bits per heavy atom. The zero-order valence-electron chi connectivity index (χ0n) is 22.3. The number of unbranched alkanes of at least 4 members (excludes halogenated alkanes) is 1. The predicted molar refractivity (Wildman–Crippen MR) is 157 cm³/mol. The van der Waals surface area contributed by atoms with E-state index in [4.69, 9.17) is 14.8 Å². The lowest BCUT2D eigenvalue weighted by Crippen LogP contribution is -2.31. The monoisotopic (exact) mass is 539 g/mol. The minimum Gasteiger partial charge on any atom is -0.493 e. The summed E-state index contributed by atoms with van der Waals surface area (Å²) in [6.45, 7) is 4.67. The number of ether oxygens (including phenoxy) is 1. The van der Waals surface area contributed by atoms with Gasteiger partial charge in [-0.25, -0.2) is 4.68 Å². The second kappa shape index (κ2) is 12.7. The Hall–Kier alpha value is -4.04. The van der Waals surface area contributed by atoms with Gasteiger partial charge in [0.2, 0.25) is 11.1 Å². The second-order valence-electron chi connectivity index (χ2n) is 9.40. The van der Waals surface area contributed by atoms with E-state index in [0.29, 0.717) is 23.3 Å². The maximum absolute atomic E-state index is 13.6. The number of amides is 1. The van der Waals surface area contributed by atoms with Gasteiger partial charge in [0, 0.05) is 23.6 Å². The summed E-state index contributed by atoms with van der Waals surface area (Å²) in [4.78, 5) is 18.4. The van der Waals surface area contributed by atoms with Gasteiger partial charge in [-0.3, -0.25) is 4.79 Å². The molecule has 1 aliphatic heterocycles. The number of anilines is 2. The standard InChI is InChI=1S/C31H33N5O2S/c1-3-4-21-39-31-34-30-32-22(2)27(29(37)33-25-13-9-6-10-14-25)28(36(30)35-31)24-15-17-26(18-16-24)38-20-19-23-11-7-5-8-12-23/h5-18,28H,3-4,19-21H2,1-2H3,(H,33,37)(H,32,34,35). The van der Waals surface area contributed by atoms with Crippen LogP contribution in [0, 0.1) is 0 Å². The molecule has 200 valence electrons. The van der Waals surface area contributed by atoms with Crippen molar-refractivity contribution in [3.05, 3.63) is 107 Å². The minimum absolute atomic E-state index is 0.180. The van der Waals surface area contributed by atoms with Gasteiger partial charge in [-0.15, -0.1) is 5.10 Å². The van der Waals surface area contributed by atoms with Crippen molar-refractivity contribution >= 4 is 29.3 Å². The van der Waals surface area contributed by atoms with Gasteiger partial charge in [0.1, 0.15) is 11.8 Å². The summed E-state index contributed by atoms with van der Waals surface area (Å²) in [5.74, 6) is 2.19. The Balaban J connectivity index is 1.40. The number of nitrogens with zero attached hydrogens (tertiary/aromatic N) is 3. The fourth-order valence-electron chi connectivity index (χ4n) is 4.50. The maximum atomic E-state index is 13.6. The summed E-state index contributed by atoms with van der Waals surface area (Å²) >= 11 is 1.64. The Morgan fingerprint density at radius 2 is 1.74 bits per heavy atom. The van der Waals surface area contributed by atoms with Gasteiger partial charge in [0.15, 0.2) is 0 Å². The van der Waals surface area contributed by atoms with Crippen LogP contribution in [-0.2, 0) is 11.2 Å². The van der Waals surface area contributed by atoms with Gasteiger partial charge in [0.05, 0.1) is 12.2 Å². The third-order valence-electron chi connectivity index (χ3n) is 6.54. The third-order valence-corrected chi connectivity index (χ3v) is 7.46. The van der Waals surface area contributed by atoms with Crippen molar-refractivity contribution in [2.24, 2.45) is 0 Å². The van der Waals surface area contributed by atoms with Crippen molar-refractivity contribution in [2.75, 3.05) is 23.0 Å². The summed E-state index contributed by atoms with van der Waals surface area (Å²) in [6.07, 6.45) is 3.05. The van der Waals surface area contributed by atoms with E-state index in [9.17, 15) is 4.79 Å². The zero-order valence-corrected chi connectivity index (χ0v) is 23.1. The van der Waals surface area contributed by atoms with Crippen molar-refractivity contribution in [1.82, 2.24) is 14.8 Å². The number of benzene rings is 3. The molecule has 4 aromatic rings. The van der Waals surface area contributed by atoms with Crippen molar-refractivity contribution < 1.29 is 9.53 Å². The first kappa shape index (κ1) is 26.6. The molecule has 39 heavy (non-hydrogen) atoms. The van der Waals surface area contributed by atoms with Crippen molar-refractivity contribution in [1.29, 1.82) is 0 Å². The maximum Gasteiger partial charge on any atom is 0.255 e. The van der Waals surface area contributed by atoms with Crippen molar-refractivity contribution in [3.8, 4) is 5.75 Å². The summed E-state index contributed by atoms with van der Waals surface area (Å²) in [5, 5.41) is 11.9. The van der Waals surface area contributed by atoms with E-state index >= 15 is 0 Å². The van der Waals surface area contributed by atoms with Crippen LogP contribution in [0.4, 0.5) is 11.6 Å². The largest absolute Gasteiger partial charge is 0.493 e. The minimum atomic E-state index is -0.434. The third kappa shape index (κ3) is 6.52. The fourth-order valence-corrected chi connectivity index (χ4v) is 5.41. The summed E-state index contributed by atoms with van der Waals surface area (Å²) in [7, 11) is 0. The van der Waals surface area contributed by atoms with Gasteiger partial charge in [0.25, 0.3) is 5.91 Å². The first-order chi connectivity index (χ1) is 19.1. The quantitative estimate of drug-likeness (QED) is 0.163. The number of fused-ring (bicyclic) bond motifs is 1. The molecule has 1 aliphatic rings. The van der Waals surface area contributed by atoms with Crippen molar-refractivity contribution in [2.45, 2.75) is 44.3 Å². The van der Waals surface area contributed by atoms with Crippen LogP contribution in [0.15, 0.2) is 101 Å². The van der Waals surface area contributed by atoms with Crippen LogP contribution in [0.3, 0.4) is 0 Å². The SMILES string of the molecule is CCCCSc1nc2n(n1)C(c1ccc(OCCc3ccccc3)cc1)C(C(=O)Nc1ccccc1)=C(C)N2.